The zero-order valence-corrected chi connectivity index (χ0v) is 10.9. The van der Waals surface area contributed by atoms with Gasteiger partial charge in [-0.05, 0) is 40.5 Å². The average Bonchev–Trinajstić information content (AvgIpc) is 2.28. The zero-order valence-electron chi connectivity index (χ0n) is 9.31. The molecule has 0 radical (unpaired) electrons. The van der Waals surface area contributed by atoms with Crippen molar-refractivity contribution in [3.63, 3.8) is 0 Å². The predicted molar refractivity (Wildman–Crippen MR) is 67.6 cm³/mol. The Morgan fingerprint density at radius 3 is 2.88 bits per heavy atom. The minimum Gasteiger partial charge on any atom is -0.466 e. The SMILES string of the molecule is CCOC(=O)Cc1cnc2ncc(Br)cc2c1. The lowest BCUT2D eigenvalue weighted by molar-refractivity contribution is -0.142. The molecule has 0 saturated carbocycles. The van der Waals surface area contributed by atoms with Crippen LogP contribution in [0.2, 0.25) is 0 Å². The van der Waals surface area contributed by atoms with E-state index in [-0.39, 0.29) is 12.4 Å². The van der Waals surface area contributed by atoms with Crippen LogP contribution >= 0.6 is 15.9 Å². The number of aromatic nitrogens is 2. The van der Waals surface area contributed by atoms with Gasteiger partial charge in [-0.15, -0.1) is 0 Å². The maximum atomic E-state index is 11.3. The summed E-state index contributed by atoms with van der Waals surface area (Å²) in [6.07, 6.45) is 3.59. The van der Waals surface area contributed by atoms with Gasteiger partial charge in [-0.25, -0.2) is 9.97 Å². The fraction of sp³-hybridized carbons (Fsp3) is 0.250. The van der Waals surface area contributed by atoms with Crippen molar-refractivity contribution in [1.82, 2.24) is 9.97 Å². The molecule has 0 saturated heterocycles. The fourth-order valence-corrected chi connectivity index (χ4v) is 1.87. The first-order valence-electron chi connectivity index (χ1n) is 5.25. The number of ether oxygens (including phenoxy) is 1. The molecule has 5 heteroatoms. The molecule has 17 heavy (non-hydrogen) atoms. The number of carbonyl (C=O) groups is 1. The highest BCUT2D eigenvalue weighted by molar-refractivity contribution is 9.10. The van der Waals surface area contributed by atoms with E-state index < -0.39 is 0 Å². The summed E-state index contributed by atoms with van der Waals surface area (Å²) in [4.78, 5) is 19.7. The van der Waals surface area contributed by atoms with Crippen LogP contribution < -0.4 is 0 Å². The summed E-state index contributed by atoms with van der Waals surface area (Å²) in [7, 11) is 0. The van der Waals surface area contributed by atoms with Crippen molar-refractivity contribution in [2.45, 2.75) is 13.3 Å². The monoisotopic (exact) mass is 294 g/mol. The van der Waals surface area contributed by atoms with Crippen molar-refractivity contribution >= 4 is 32.9 Å². The number of hydrogen-bond acceptors (Lipinski definition) is 4. The third-order valence-corrected chi connectivity index (χ3v) is 2.64. The lowest BCUT2D eigenvalue weighted by Crippen LogP contribution is -2.07. The molecule has 88 valence electrons. The van der Waals surface area contributed by atoms with Crippen LogP contribution in [-0.2, 0) is 16.0 Å². The molecule has 0 N–H and O–H groups in total. The Labute approximate surface area is 107 Å². The molecule has 2 rings (SSSR count). The van der Waals surface area contributed by atoms with Crippen LogP contribution in [0.4, 0.5) is 0 Å². The zero-order chi connectivity index (χ0) is 12.3. The molecule has 0 aromatic carbocycles. The van der Waals surface area contributed by atoms with Crippen molar-refractivity contribution in [3.05, 3.63) is 34.6 Å². The first-order valence-corrected chi connectivity index (χ1v) is 6.04. The number of nitrogens with zero attached hydrogens (tertiary/aromatic N) is 2. The van der Waals surface area contributed by atoms with Gasteiger partial charge >= 0.3 is 5.97 Å². The van der Waals surface area contributed by atoms with Crippen molar-refractivity contribution in [1.29, 1.82) is 0 Å². The summed E-state index contributed by atoms with van der Waals surface area (Å²) in [5, 5.41) is 0.904. The Balaban J connectivity index is 2.27. The largest absolute Gasteiger partial charge is 0.466 e. The molecule has 0 bridgehead atoms. The third kappa shape index (κ3) is 3.00. The minimum absolute atomic E-state index is 0.239. The molecule has 2 aromatic rings. The summed E-state index contributed by atoms with van der Waals surface area (Å²) in [6, 6.07) is 3.82. The number of carbonyl (C=O) groups excluding carboxylic acids is 1. The van der Waals surface area contributed by atoms with E-state index in [9.17, 15) is 4.79 Å². The second kappa shape index (κ2) is 5.23. The number of esters is 1. The number of fused-ring (bicyclic) bond motifs is 1. The van der Waals surface area contributed by atoms with Crippen molar-refractivity contribution in [2.75, 3.05) is 6.61 Å². The van der Waals surface area contributed by atoms with Gasteiger partial charge in [0.05, 0.1) is 13.0 Å². The summed E-state index contributed by atoms with van der Waals surface area (Å²) in [5.74, 6) is -0.239. The van der Waals surface area contributed by atoms with E-state index in [0.717, 1.165) is 15.4 Å². The van der Waals surface area contributed by atoms with E-state index in [1.165, 1.54) is 0 Å². The van der Waals surface area contributed by atoms with Gasteiger partial charge < -0.3 is 4.74 Å². The molecule has 4 nitrogen and oxygen atoms in total. The number of hydrogen-bond donors (Lipinski definition) is 0. The van der Waals surface area contributed by atoms with Crippen LogP contribution in [0.1, 0.15) is 12.5 Å². The summed E-state index contributed by atoms with van der Waals surface area (Å²) < 4.78 is 5.78. The normalized spacial score (nSPS) is 10.5. The molecule has 0 unspecified atom stereocenters. The van der Waals surface area contributed by atoms with Gasteiger partial charge in [0.15, 0.2) is 5.65 Å². The highest BCUT2D eigenvalue weighted by atomic mass is 79.9. The van der Waals surface area contributed by atoms with Gasteiger partial charge in [0, 0.05) is 22.3 Å². The van der Waals surface area contributed by atoms with Crippen LogP contribution in [-0.4, -0.2) is 22.5 Å². The van der Waals surface area contributed by atoms with Gasteiger partial charge in [0.25, 0.3) is 0 Å². The average molecular weight is 295 g/mol. The molecule has 0 aliphatic rings. The van der Waals surface area contributed by atoms with Crippen LogP contribution in [0.3, 0.4) is 0 Å². The Hall–Kier alpha value is -1.49. The number of rotatable bonds is 3. The first-order chi connectivity index (χ1) is 8.19. The van der Waals surface area contributed by atoms with Crippen LogP contribution in [0.25, 0.3) is 11.0 Å². The van der Waals surface area contributed by atoms with Gasteiger partial charge in [-0.1, -0.05) is 0 Å². The molecule has 0 aliphatic heterocycles. The topological polar surface area (TPSA) is 52.1 Å². The molecule has 2 aromatic heterocycles. The van der Waals surface area contributed by atoms with Gasteiger partial charge in [-0.3, -0.25) is 4.79 Å². The third-order valence-electron chi connectivity index (χ3n) is 2.21. The second-order valence-corrected chi connectivity index (χ2v) is 4.44. The Morgan fingerprint density at radius 1 is 1.35 bits per heavy atom. The maximum absolute atomic E-state index is 11.3. The molecule has 0 atom stereocenters. The van der Waals surface area contributed by atoms with E-state index in [1.54, 1.807) is 19.3 Å². The Bertz CT molecular complexity index is 557. The quantitative estimate of drug-likeness (QED) is 0.816. The molecule has 0 aliphatic carbocycles. The summed E-state index contributed by atoms with van der Waals surface area (Å²) >= 11 is 3.35. The Kier molecular flexibility index (Phi) is 3.68. The molecular formula is C12H11BrN2O2. The van der Waals surface area contributed by atoms with E-state index in [2.05, 4.69) is 25.9 Å². The standard InChI is InChI=1S/C12H11BrN2O2/c1-2-17-11(16)4-8-3-9-5-10(13)7-15-12(9)14-6-8/h3,5-7H,2,4H2,1H3. The molecule has 0 amide bonds. The van der Waals surface area contributed by atoms with Gasteiger partial charge in [-0.2, -0.15) is 0 Å². The predicted octanol–water partition coefficient (Wildman–Crippen LogP) is 2.50. The first kappa shape index (κ1) is 12.0. The van der Waals surface area contributed by atoms with Gasteiger partial charge in [0.1, 0.15) is 0 Å². The second-order valence-electron chi connectivity index (χ2n) is 3.53. The fourth-order valence-electron chi connectivity index (χ4n) is 1.52. The Morgan fingerprint density at radius 2 is 2.12 bits per heavy atom. The number of halogens is 1. The van der Waals surface area contributed by atoms with E-state index in [1.807, 2.05) is 12.1 Å². The highest BCUT2D eigenvalue weighted by Gasteiger charge is 2.06. The van der Waals surface area contributed by atoms with Crippen molar-refractivity contribution in [2.24, 2.45) is 0 Å². The lowest BCUT2D eigenvalue weighted by Gasteiger charge is -2.03. The van der Waals surface area contributed by atoms with Crippen molar-refractivity contribution < 1.29 is 9.53 Å². The highest BCUT2D eigenvalue weighted by Crippen LogP contribution is 2.17. The van der Waals surface area contributed by atoms with Gasteiger partial charge in [0.2, 0.25) is 0 Å². The molecule has 2 heterocycles. The molecule has 0 spiro atoms. The molecular weight excluding hydrogens is 284 g/mol. The number of pyridine rings is 2. The van der Waals surface area contributed by atoms with E-state index in [0.29, 0.717) is 12.3 Å². The smallest absolute Gasteiger partial charge is 0.310 e. The summed E-state index contributed by atoms with van der Waals surface area (Å²) in [5.41, 5.74) is 1.50. The van der Waals surface area contributed by atoms with Crippen LogP contribution in [0.15, 0.2) is 29.0 Å². The summed E-state index contributed by atoms with van der Waals surface area (Å²) in [6.45, 7) is 2.19. The van der Waals surface area contributed by atoms with E-state index in [4.69, 9.17) is 4.74 Å². The van der Waals surface area contributed by atoms with Crippen LogP contribution in [0, 0.1) is 0 Å². The van der Waals surface area contributed by atoms with Crippen LogP contribution in [0.5, 0.6) is 0 Å². The van der Waals surface area contributed by atoms with E-state index >= 15 is 0 Å². The van der Waals surface area contributed by atoms with Crippen molar-refractivity contribution in [3.8, 4) is 0 Å². The molecule has 0 fully saturated rings. The minimum atomic E-state index is -0.239. The lowest BCUT2D eigenvalue weighted by atomic mass is 10.1. The maximum Gasteiger partial charge on any atom is 0.310 e.